The largest absolute Gasteiger partial charge is 0.489 e. The van der Waals surface area contributed by atoms with Crippen LogP contribution in [0.4, 0.5) is 0 Å². The molecule has 2 heterocycles. The van der Waals surface area contributed by atoms with Crippen LogP contribution < -0.4 is 5.46 Å². The van der Waals surface area contributed by atoms with Gasteiger partial charge in [0.05, 0.1) is 0 Å². The van der Waals surface area contributed by atoms with Gasteiger partial charge in [-0.2, -0.15) is 0 Å². The van der Waals surface area contributed by atoms with Crippen LogP contribution in [-0.2, 0) is 0 Å². The second-order valence-corrected chi connectivity index (χ2v) is 20.7. The predicted octanol–water partition coefficient (Wildman–Crippen LogP) is 18.3. The van der Waals surface area contributed by atoms with Crippen molar-refractivity contribution >= 4 is 154 Å². The molecule has 0 unspecified atom stereocenters. The van der Waals surface area contributed by atoms with Crippen molar-refractivity contribution in [2.75, 3.05) is 0 Å². The van der Waals surface area contributed by atoms with Crippen LogP contribution in [0.3, 0.4) is 0 Å². The molecule has 0 radical (unpaired) electrons. The smallest absolute Gasteiger partial charge is 0.455 e. The summed E-state index contributed by atoms with van der Waals surface area (Å²) in [6.07, 6.45) is 0. The van der Waals surface area contributed by atoms with Gasteiger partial charge >= 0.3 is 7.12 Å². The number of fused-ring (bicyclic) bond motifs is 10. The minimum Gasteiger partial charge on any atom is -0.455 e. The highest BCUT2D eigenvalue weighted by molar-refractivity contribution is 14.1. The van der Waals surface area contributed by atoms with Gasteiger partial charge < -0.3 is 18.9 Å². The molecule has 0 aliphatic heterocycles. The quantitative estimate of drug-likeness (QED) is 0.105. The first kappa shape index (κ1) is 46.1. The van der Waals surface area contributed by atoms with Crippen LogP contribution in [0.15, 0.2) is 248 Å². The normalized spacial score (nSPS) is 11.4. The minimum absolute atomic E-state index is 0.529. The SMILES string of the molecule is Brc1cccc(-c2c3ccccc3c(-c3cccc4c3oc3ccccc34)c3ccccc23)c1.Brc1cccc(I)c1.OB(O)c1c2ccccc2c(-c2cccc3c2oc2ccccc23)c2ccccc12. The number of benzene rings is 12. The Bertz CT molecular complexity index is 4260. The van der Waals surface area contributed by atoms with Gasteiger partial charge in [0.2, 0.25) is 0 Å². The van der Waals surface area contributed by atoms with Crippen LogP contribution in [-0.4, -0.2) is 17.2 Å². The third-order valence-electron chi connectivity index (χ3n) is 13.4. The fourth-order valence-electron chi connectivity index (χ4n) is 10.5. The summed E-state index contributed by atoms with van der Waals surface area (Å²) in [5, 5.41) is 33.3. The third-order valence-corrected chi connectivity index (χ3v) is 15.1. The Morgan fingerprint density at radius 1 is 0.333 bits per heavy atom. The topological polar surface area (TPSA) is 66.7 Å². The first-order valence-electron chi connectivity index (χ1n) is 23.5. The zero-order valence-corrected chi connectivity index (χ0v) is 43.7. The van der Waals surface area contributed by atoms with Crippen LogP contribution in [0.1, 0.15) is 0 Å². The van der Waals surface area contributed by atoms with E-state index in [1.54, 1.807) is 0 Å². The average Bonchev–Trinajstić information content (AvgIpc) is 3.99. The van der Waals surface area contributed by atoms with E-state index in [1.165, 1.54) is 41.8 Å². The Morgan fingerprint density at radius 2 is 0.681 bits per heavy atom. The molecule has 72 heavy (non-hydrogen) atoms. The molecule has 0 saturated carbocycles. The molecule has 4 nitrogen and oxygen atoms in total. The molecule has 0 bridgehead atoms. The molecule has 8 heteroatoms. The van der Waals surface area contributed by atoms with Gasteiger partial charge in [-0.1, -0.05) is 220 Å². The molecular weight excluding hydrogens is 1130 g/mol. The van der Waals surface area contributed by atoms with Crippen molar-refractivity contribution in [3.05, 3.63) is 243 Å². The summed E-state index contributed by atoms with van der Waals surface area (Å²) >= 11 is 9.30. The van der Waals surface area contributed by atoms with Gasteiger partial charge in [-0.15, -0.1) is 0 Å². The van der Waals surface area contributed by atoms with E-state index in [1.807, 2.05) is 91.0 Å². The van der Waals surface area contributed by atoms with E-state index >= 15 is 0 Å². The van der Waals surface area contributed by atoms with Crippen LogP contribution in [0, 0.1) is 3.57 Å². The van der Waals surface area contributed by atoms with Crippen molar-refractivity contribution in [2.24, 2.45) is 0 Å². The Hall–Kier alpha value is -7.05. The summed E-state index contributed by atoms with van der Waals surface area (Å²) in [5.74, 6) is 0. The van der Waals surface area contributed by atoms with Crippen molar-refractivity contribution in [1.29, 1.82) is 0 Å². The van der Waals surface area contributed by atoms with Crippen LogP contribution >= 0.6 is 54.5 Å². The number of hydrogen-bond acceptors (Lipinski definition) is 4. The minimum atomic E-state index is -1.56. The second-order valence-electron chi connectivity index (χ2n) is 17.6. The Morgan fingerprint density at radius 3 is 1.08 bits per heavy atom. The van der Waals surface area contributed by atoms with Crippen molar-refractivity contribution in [3.63, 3.8) is 0 Å². The van der Waals surface area contributed by atoms with E-state index in [0.29, 0.717) is 5.46 Å². The summed E-state index contributed by atoms with van der Waals surface area (Å²) < 4.78 is 16.3. The summed E-state index contributed by atoms with van der Waals surface area (Å²) in [7, 11) is -1.56. The summed E-state index contributed by atoms with van der Waals surface area (Å²) in [6.45, 7) is 0. The highest BCUT2D eigenvalue weighted by Crippen LogP contribution is 2.47. The van der Waals surface area contributed by atoms with E-state index in [0.717, 1.165) is 91.1 Å². The fourth-order valence-corrected chi connectivity index (χ4v) is 12.2. The molecule has 14 aromatic rings. The van der Waals surface area contributed by atoms with E-state index in [2.05, 4.69) is 194 Å². The number of halogens is 3. The molecule has 0 saturated heterocycles. The molecule has 0 atom stereocenters. The van der Waals surface area contributed by atoms with Crippen LogP contribution in [0.25, 0.3) is 120 Å². The Balaban J connectivity index is 0.000000128. The standard InChI is InChI=1S/C32H19BrO.C26H17BO3.C6H4BrI/c33-21-10-7-9-20(19-21)30-23-12-1-3-14-25(23)31(26-15-4-2-13-24(26)30)28-17-8-16-27-22-11-5-6-18-29(22)34-32(27)28;28-27(29)25-19-11-3-1-9-17(19)24(18-10-2-4-12-20(18)25)22-14-7-13-21-16-8-5-6-15-23(16)30-26(21)22;7-5-2-1-3-6(8)4-5/h1-19H;1-15,28-29H;1-4H. The van der Waals surface area contributed by atoms with E-state index < -0.39 is 7.12 Å². The summed E-state index contributed by atoms with van der Waals surface area (Å²) in [4.78, 5) is 0. The van der Waals surface area contributed by atoms with E-state index in [9.17, 15) is 10.0 Å². The molecule has 0 fully saturated rings. The first-order chi connectivity index (χ1) is 35.3. The lowest BCUT2D eigenvalue weighted by Crippen LogP contribution is -2.31. The number of para-hydroxylation sites is 4. The molecule has 0 aliphatic rings. The second kappa shape index (κ2) is 19.5. The molecular formula is C64H40BBr2IO4. The molecule has 2 aromatic heterocycles. The Kier molecular flexibility index (Phi) is 12.5. The number of furan rings is 2. The number of hydrogen-bond donors (Lipinski definition) is 2. The molecule has 2 N–H and O–H groups in total. The van der Waals surface area contributed by atoms with Gasteiger partial charge in [-0.25, -0.2) is 0 Å². The van der Waals surface area contributed by atoms with Gasteiger partial charge in [0.1, 0.15) is 22.3 Å². The maximum absolute atomic E-state index is 10.2. The maximum atomic E-state index is 10.2. The van der Waals surface area contributed by atoms with Crippen LogP contribution in [0.5, 0.6) is 0 Å². The van der Waals surface area contributed by atoms with Gasteiger partial charge in [0.15, 0.2) is 0 Å². The Labute approximate surface area is 445 Å². The van der Waals surface area contributed by atoms with E-state index in [-0.39, 0.29) is 0 Å². The maximum Gasteiger partial charge on any atom is 0.489 e. The van der Waals surface area contributed by atoms with Crippen molar-refractivity contribution in [2.45, 2.75) is 0 Å². The third kappa shape index (κ3) is 8.27. The predicted molar refractivity (Wildman–Crippen MR) is 318 cm³/mol. The fraction of sp³-hybridized carbons (Fsp3) is 0. The van der Waals surface area contributed by atoms with Gasteiger partial charge in [-0.05, 0) is 125 Å². The highest BCUT2D eigenvalue weighted by atomic mass is 127. The van der Waals surface area contributed by atoms with Crippen molar-refractivity contribution in [3.8, 4) is 33.4 Å². The average molecular weight is 1170 g/mol. The molecule has 12 aromatic carbocycles. The molecule has 0 aliphatic carbocycles. The van der Waals surface area contributed by atoms with E-state index in [4.69, 9.17) is 8.83 Å². The lowest BCUT2D eigenvalue weighted by atomic mass is 9.72. The molecule has 14 rings (SSSR count). The number of rotatable bonds is 4. The zero-order valence-electron chi connectivity index (χ0n) is 38.4. The van der Waals surface area contributed by atoms with Gasteiger partial charge in [0.25, 0.3) is 0 Å². The van der Waals surface area contributed by atoms with Gasteiger partial charge in [0, 0.05) is 56.3 Å². The molecule has 0 spiro atoms. The lowest BCUT2D eigenvalue weighted by Gasteiger charge is -2.18. The van der Waals surface area contributed by atoms with Gasteiger partial charge in [-0.3, -0.25) is 0 Å². The highest BCUT2D eigenvalue weighted by Gasteiger charge is 2.24. The van der Waals surface area contributed by atoms with Crippen molar-refractivity contribution in [1.82, 2.24) is 0 Å². The lowest BCUT2D eigenvalue weighted by molar-refractivity contribution is 0.426. The van der Waals surface area contributed by atoms with Crippen LogP contribution in [0.2, 0.25) is 0 Å². The molecule has 344 valence electrons. The summed E-state index contributed by atoms with van der Waals surface area (Å²) in [5.41, 5.74) is 10.9. The van der Waals surface area contributed by atoms with Crippen molar-refractivity contribution < 1.29 is 18.9 Å². The summed E-state index contributed by atoms with van der Waals surface area (Å²) in [6, 6.07) is 79.0. The first-order valence-corrected chi connectivity index (χ1v) is 26.2. The zero-order chi connectivity index (χ0) is 48.9. The molecule has 0 amide bonds. The monoisotopic (exact) mass is 1170 g/mol.